The van der Waals surface area contributed by atoms with Crippen LogP contribution in [0, 0.1) is 11.3 Å². The number of esters is 1. The molecular formula is C25H36FN5O4. The lowest BCUT2D eigenvalue weighted by Crippen LogP contribution is -2.62. The van der Waals surface area contributed by atoms with Crippen LogP contribution >= 0.6 is 0 Å². The lowest BCUT2D eigenvalue weighted by atomic mass is 9.69. The summed E-state index contributed by atoms with van der Waals surface area (Å²) in [5.74, 6) is 3.61. The first-order valence-electron chi connectivity index (χ1n) is 11.6. The first-order valence-corrected chi connectivity index (χ1v) is 11.6. The zero-order valence-corrected chi connectivity index (χ0v) is 21.0. The first kappa shape index (κ1) is 27.9. The topological polar surface area (TPSA) is 128 Å². The maximum atomic E-state index is 15.2. The molecule has 0 spiro atoms. The second-order valence-corrected chi connectivity index (χ2v) is 10.1. The third-order valence-corrected chi connectivity index (χ3v) is 5.43. The van der Waals surface area contributed by atoms with Crippen LogP contribution in [0.3, 0.4) is 0 Å². The van der Waals surface area contributed by atoms with Gasteiger partial charge in [-0.2, -0.15) is 0 Å². The summed E-state index contributed by atoms with van der Waals surface area (Å²) in [6.45, 7) is 9.28. The van der Waals surface area contributed by atoms with Gasteiger partial charge in [-0.15, -0.1) is 5.11 Å². The molecule has 3 unspecified atom stereocenters. The fourth-order valence-electron chi connectivity index (χ4n) is 4.11. The number of carbonyl (C=O) groups is 2. The number of ether oxygens (including phenoxy) is 2. The van der Waals surface area contributed by atoms with Crippen molar-refractivity contribution in [2.45, 2.75) is 77.9 Å². The van der Waals surface area contributed by atoms with E-state index in [0.29, 0.717) is 0 Å². The third-order valence-electron chi connectivity index (χ3n) is 5.43. The minimum atomic E-state index is -1.55. The van der Waals surface area contributed by atoms with Gasteiger partial charge >= 0.3 is 12.1 Å². The highest BCUT2D eigenvalue weighted by atomic mass is 19.1. The monoisotopic (exact) mass is 489 g/mol. The highest BCUT2D eigenvalue weighted by Gasteiger charge is 2.52. The molecule has 1 aliphatic carbocycles. The fourth-order valence-corrected chi connectivity index (χ4v) is 4.11. The number of nitrogens with zero attached hydrogens (tertiary/aromatic N) is 3. The van der Waals surface area contributed by atoms with E-state index in [2.05, 4.69) is 20.6 Å². The number of alkyl carbamates (subject to hydrolysis) is 1. The lowest BCUT2D eigenvalue weighted by molar-refractivity contribution is -0.159. The Hall–Kier alpha value is -3.30. The molecule has 2 rings (SSSR count). The zero-order valence-electron chi connectivity index (χ0n) is 21.0. The maximum Gasteiger partial charge on any atom is 0.408 e. The van der Waals surface area contributed by atoms with Gasteiger partial charge in [-0.3, -0.25) is 4.99 Å². The molecule has 10 heteroatoms. The number of benzene rings is 1. The van der Waals surface area contributed by atoms with E-state index < -0.39 is 47.3 Å². The molecule has 1 aromatic rings. The summed E-state index contributed by atoms with van der Waals surface area (Å²) >= 11 is 0. The van der Waals surface area contributed by atoms with Crippen LogP contribution in [0.4, 0.5) is 9.18 Å². The number of hydrogen-bond donors (Lipinski definition) is 2. The Morgan fingerprint density at radius 2 is 1.91 bits per heavy atom. The van der Waals surface area contributed by atoms with E-state index >= 15 is 4.39 Å². The number of carbonyl (C=O) groups excluding carboxylic acids is 2. The van der Waals surface area contributed by atoms with E-state index in [9.17, 15) is 9.59 Å². The van der Waals surface area contributed by atoms with E-state index in [0.717, 1.165) is 11.9 Å². The van der Waals surface area contributed by atoms with Crippen molar-refractivity contribution in [3.8, 4) is 0 Å². The summed E-state index contributed by atoms with van der Waals surface area (Å²) in [7, 11) is 0. The third kappa shape index (κ3) is 8.45. The molecule has 9 nitrogen and oxygen atoms in total. The highest BCUT2D eigenvalue weighted by molar-refractivity contribution is 5.87. The van der Waals surface area contributed by atoms with Crippen molar-refractivity contribution in [3.63, 3.8) is 0 Å². The molecule has 0 saturated carbocycles. The summed E-state index contributed by atoms with van der Waals surface area (Å²) in [6, 6.07) is 8.37. The zero-order chi connectivity index (χ0) is 26.1. The number of aliphatic imine (C=N–C) groups is 1. The Labute approximate surface area is 206 Å². The van der Waals surface area contributed by atoms with E-state index in [1.807, 2.05) is 51.1 Å². The van der Waals surface area contributed by atoms with E-state index in [4.69, 9.17) is 15.3 Å². The summed E-state index contributed by atoms with van der Waals surface area (Å²) in [5, 5.41) is 9.27. The van der Waals surface area contributed by atoms with Gasteiger partial charge in [-0.1, -0.05) is 68.5 Å². The van der Waals surface area contributed by atoms with Gasteiger partial charge in [-0.05, 0) is 37.7 Å². The number of nitrogens with two attached hydrogens (primary N) is 1. The van der Waals surface area contributed by atoms with Gasteiger partial charge in [0.25, 0.3) is 0 Å². The van der Waals surface area contributed by atoms with Crippen LogP contribution in [-0.2, 0) is 20.9 Å². The van der Waals surface area contributed by atoms with Crippen molar-refractivity contribution >= 4 is 18.4 Å². The van der Waals surface area contributed by atoms with Gasteiger partial charge in [0, 0.05) is 5.92 Å². The van der Waals surface area contributed by atoms with E-state index in [1.165, 1.54) is 0 Å². The van der Waals surface area contributed by atoms with E-state index in [-0.39, 0.29) is 19.4 Å². The molecule has 1 aromatic carbocycles. The Bertz CT molecular complexity index is 930. The standard InChI is InChI=1S/C25H36FN5O4/c1-17(2)35-22(32)25(15-24(3,4)5,30-23(33)34-14-18-9-7-6-8-10-18)19-11-12-21(20(26)13-19)28-16-29-31-27/h6-12,16-17,19-21H,13-15H2,1-5H3,(H,30,33)(H2,27,28,29)/t19?,20?,21?,25-/m1/s1. The molecule has 0 bridgehead atoms. The molecular weight excluding hydrogens is 453 g/mol. The molecule has 4 atom stereocenters. The van der Waals surface area contributed by atoms with Crippen LogP contribution < -0.4 is 11.2 Å². The van der Waals surface area contributed by atoms with Gasteiger partial charge < -0.3 is 20.6 Å². The van der Waals surface area contributed by atoms with Crippen molar-refractivity contribution in [1.82, 2.24) is 5.32 Å². The second kappa shape index (κ2) is 12.4. The minimum Gasteiger partial charge on any atom is -0.461 e. The molecule has 35 heavy (non-hydrogen) atoms. The lowest BCUT2D eigenvalue weighted by Gasteiger charge is -2.43. The molecule has 1 aliphatic rings. The van der Waals surface area contributed by atoms with Crippen LogP contribution in [0.15, 0.2) is 57.8 Å². The Balaban J connectivity index is 2.39. The number of halogens is 1. The average Bonchev–Trinajstić information content (AvgIpc) is 2.77. The number of amides is 1. The predicted molar refractivity (Wildman–Crippen MR) is 131 cm³/mol. The molecule has 0 heterocycles. The van der Waals surface area contributed by atoms with Gasteiger partial charge in [-0.25, -0.2) is 14.0 Å². The maximum absolute atomic E-state index is 15.2. The van der Waals surface area contributed by atoms with Crippen molar-refractivity contribution < 1.29 is 23.5 Å². The molecule has 0 fully saturated rings. The van der Waals surface area contributed by atoms with Crippen LogP contribution in [-0.4, -0.2) is 42.3 Å². The number of nitrogens with one attached hydrogen (secondary N) is 1. The van der Waals surface area contributed by atoms with Crippen molar-refractivity contribution in [3.05, 3.63) is 48.0 Å². The SMILES string of the molecule is CC(C)OC(=O)[C@](CC(C)(C)C)(NC(=O)OCc1ccccc1)C1C=CC(N=CN=NN)C(F)C1. The summed E-state index contributed by atoms with van der Waals surface area (Å²) in [6.07, 6.45) is 1.81. The number of hydrogen-bond acceptors (Lipinski definition) is 6. The molecule has 0 radical (unpaired) electrons. The molecule has 1 amide bonds. The van der Waals surface area contributed by atoms with Crippen LogP contribution in [0.1, 0.15) is 53.0 Å². The van der Waals surface area contributed by atoms with E-state index in [1.54, 1.807) is 26.0 Å². The average molecular weight is 490 g/mol. The quantitative estimate of drug-likeness (QED) is 0.0990. The molecule has 192 valence electrons. The highest BCUT2D eigenvalue weighted by Crippen LogP contribution is 2.40. The number of rotatable bonds is 9. The predicted octanol–water partition coefficient (Wildman–Crippen LogP) is 4.68. The summed E-state index contributed by atoms with van der Waals surface area (Å²) in [4.78, 5) is 30.5. The smallest absolute Gasteiger partial charge is 0.408 e. The number of alkyl halides is 1. The Kier molecular flexibility index (Phi) is 9.91. The first-order chi connectivity index (χ1) is 16.5. The van der Waals surface area contributed by atoms with Crippen molar-refractivity contribution in [1.29, 1.82) is 0 Å². The summed E-state index contributed by atoms with van der Waals surface area (Å²) < 4.78 is 26.2. The fraction of sp³-hybridized carbons (Fsp3) is 0.560. The van der Waals surface area contributed by atoms with Gasteiger partial charge in [0.15, 0.2) is 0 Å². The molecule has 0 saturated heterocycles. The van der Waals surface area contributed by atoms with Gasteiger partial charge in [0.2, 0.25) is 0 Å². The van der Waals surface area contributed by atoms with Gasteiger partial charge in [0.05, 0.1) is 6.10 Å². The van der Waals surface area contributed by atoms with Gasteiger partial charge in [0.1, 0.15) is 30.7 Å². The Morgan fingerprint density at radius 1 is 1.23 bits per heavy atom. The minimum absolute atomic E-state index is 0.0240. The second-order valence-electron chi connectivity index (χ2n) is 10.1. The van der Waals surface area contributed by atoms with Crippen molar-refractivity contribution in [2.75, 3.05) is 0 Å². The normalized spacial score (nSPS) is 22.3. The van der Waals surface area contributed by atoms with Crippen LogP contribution in [0.25, 0.3) is 0 Å². The summed E-state index contributed by atoms with van der Waals surface area (Å²) in [5.41, 5.74) is -1.17. The molecule has 0 aliphatic heterocycles. The van der Waals surface area contributed by atoms with Crippen LogP contribution in [0.5, 0.6) is 0 Å². The van der Waals surface area contributed by atoms with Crippen LogP contribution in [0.2, 0.25) is 0 Å². The molecule has 0 aromatic heterocycles. The largest absolute Gasteiger partial charge is 0.461 e. The van der Waals surface area contributed by atoms with Crippen molar-refractivity contribution in [2.24, 2.45) is 32.5 Å². The molecule has 3 N–H and O–H groups in total. The Morgan fingerprint density at radius 3 is 2.49 bits per heavy atom.